The summed E-state index contributed by atoms with van der Waals surface area (Å²) in [5.41, 5.74) is 2.40. The first-order valence-corrected chi connectivity index (χ1v) is 8.92. The van der Waals surface area contributed by atoms with Gasteiger partial charge >= 0.3 is 0 Å². The Balaban J connectivity index is 1.92. The van der Waals surface area contributed by atoms with Crippen molar-refractivity contribution < 1.29 is 9.53 Å². The van der Waals surface area contributed by atoms with E-state index in [4.69, 9.17) is 4.74 Å². The maximum absolute atomic E-state index is 13.4. The van der Waals surface area contributed by atoms with Crippen molar-refractivity contribution in [3.63, 3.8) is 0 Å². The zero-order chi connectivity index (χ0) is 18.4. The molecule has 0 N–H and O–H groups in total. The van der Waals surface area contributed by atoms with Crippen LogP contribution in [0, 0.1) is 0 Å². The summed E-state index contributed by atoms with van der Waals surface area (Å²) in [6.07, 6.45) is 1.54. The van der Waals surface area contributed by atoms with Crippen LogP contribution in [0.2, 0.25) is 0 Å². The van der Waals surface area contributed by atoms with E-state index in [9.17, 15) is 4.79 Å². The third-order valence-corrected chi connectivity index (χ3v) is 5.00. The van der Waals surface area contributed by atoms with Crippen LogP contribution in [0.25, 0.3) is 0 Å². The van der Waals surface area contributed by atoms with Gasteiger partial charge < -0.3 is 4.74 Å². The summed E-state index contributed by atoms with van der Waals surface area (Å²) >= 11 is 0. The van der Waals surface area contributed by atoms with Gasteiger partial charge in [-0.1, -0.05) is 72.8 Å². The SMILES string of the molecule is COc1cccc(CCC(C)(C(=O)c2ccccc2)c2ccccc2)c1. The van der Waals surface area contributed by atoms with Crippen LogP contribution in [0.3, 0.4) is 0 Å². The highest BCUT2D eigenvalue weighted by atomic mass is 16.5. The van der Waals surface area contributed by atoms with E-state index in [1.807, 2.05) is 78.9 Å². The van der Waals surface area contributed by atoms with Crippen molar-refractivity contribution in [3.05, 3.63) is 102 Å². The van der Waals surface area contributed by atoms with Gasteiger partial charge in [0.1, 0.15) is 5.75 Å². The number of ketones is 1. The van der Waals surface area contributed by atoms with Gasteiger partial charge in [-0.2, -0.15) is 0 Å². The van der Waals surface area contributed by atoms with Crippen LogP contribution in [-0.2, 0) is 11.8 Å². The Bertz CT molecular complexity index is 856. The molecular weight excluding hydrogens is 320 g/mol. The van der Waals surface area contributed by atoms with Crippen molar-refractivity contribution in [1.29, 1.82) is 0 Å². The molecule has 0 fully saturated rings. The van der Waals surface area contributed by atoms with E-state index in [0.717, 1.165) is 29.7 Å². The maximum atomic E-state index is 13.4. The second-order valence-electron chi connectivity index (χ2n) is 6.74. The van der Waals surface area contributed by atoms with E-state index in [1.165, 1.54) is 5.56 Å². The molecule has 0 radical (unpaired) electrons. The second kappa shape index (κ2) is 8.01. The van der Waals surface area contributed by atoms with Crippen LogP contribution in [0.4, 0.5) is 0 Å². The predicted octanol–water partition coefficient (Wildman–Crippen LogP) is 5.47. The summed E-state index contributed by atoms with van der Waals surface area (Å²) in [5.74, 6) is 1.01. The van der Waals surface area contributed by atoms with Crippen LogP contribution < -0.4 is 4.74 Å². The molecule has 0 saturated heterocycles. The minimum atomic E-state index is -0.578. The third kappa shape index (κ3) is 3.85. The quantitative estimate of drug-likeness (QED) is 0.531. The molecule has 0 amide bonds. The normalized spacial score (nSPS) is 13.0. The minimum absolute atomic E-state index is 0.159. The third-order valence-electron chi connectivity index (χ3n) is 5.00. The summed E-state index contributed by atoms with van der Waals surface area (Å²) in [7, 11) is 1.67. The van der Waals surface area contributed by atoms with Gasteiger partial charge in [0.25, 0.3) is 0 Å². The fraction of sp³-hybridized carbons (Fsp3) is 0.208. The lowest BCUT2D eigenvalue weighted by atomic mass is 9.72. The summed E-state index contributed by atoms with van der Waals surface area (Å²) in [5, 5.41) is 0. The van der Waals surface area contributed by atoms with Gasteiger partial charge in [0, 0.05) is 5.56 Å². The lowest BCUT2D eigenvalue weighted by Crippen LogP contribution is -2.33. The summed E-state index contributed by atoms with van der Waals surface area (Å²) in [6, 6.07) is 27.7. The van der Waals surface area contributed by atoms with E-state index in [-0.39, 0.29) is 5.78 Å². The lowest BCUT2D eigenvalue weighted by Gasteiger charge is -2.29. The Hall–Kier alpha value is -2.87. The molecule has 1 unspecified atom stereocenters. The Morgan fingerprint density at radius 2 is 1.54 bits per heavy atom. The molecular formula is C24H24O2. The van der Waals surface area contributed by atoms with Gasteiger partial charge in [-0.25, -0.2) is 0 Å². The summed E-state index contributed by atoms with van der Waals surface area (Å²) in [6.45, 7) is 2.05. The van der Waals surface area contributed by atoms with Gasteiger partial charge in [0.15, 0.2) is 5.78 Å². The largest absolute Gasteiger partial charge is 0.497 e. The Labute approximate surface area is 155 Å². The predicted molar refractivity (Wildman–Crippen MR) is 106 cm³/mol. The van der Waals surface area contributed by atoms with Gasteiger partial charge in [0.05, 0.1) is 12.5 Å². The molecule has 0 bridgehead atoms. The first-order valence-electron chi connectivity index (χ1n) is 8.92. The molecule has 0 aromatic heterocycles. The number of aryl methyl sites for hydroxylation is 1. The van der Waals surface area contributed by atoms with Crippen LogP contribution in [0.1, 0.15) is 34.8 Å². The van der Waals surface area contributed by atoms with Crippen LogP contribution in [0.5, 0.6) is 5.75 Å². The molecule has 2 heteroatoms. The Kier molecular flexibility index (Phi) is 5.52. The number of methoxy groups -OCH3 is 1. The molecule has 0 spiro atoms. The first-order chi connectivity index (χ1) is 12.6. The zero-order valence-corrected chi connectivity index (χ0v) is 15.3. The molecule has 3 rings (SSSR count). The summed E-state index contributed by atoms with van der Waals surface area (Å²) < 4.78 is 5.32. The van der Waals surface area contributed by atoms with Crippen molar-refractivity contribution >= 4 is 5.78 Å². The Morgan fingerprint density at radius 1 is 0.885 bits per heavy atom. The highest BCUT2D eigenvalue weighted by Gasteiger charge is 2.35. The average molecular weight is 344 g/mol. The zero-order valence-electron chi connectivity index (χ0n) is 15.3. The van der Waals surface area contributed by atoms with E-state index in [2.05, 4.69) is 13.0 Å². The highest BCUT2D eigenvalue weighted by molar-refractivity contribution is 6.03. The second-order valence-corrected chi connectivity index (χ2v) is 6.74. The monoisotopic (exact) mass is 344 g/mol. The molecule has 0 aliphatic carbocycles. The molecule has 3 aromatic carbocycles. The number of rotatable bonds is 7. The van der Waals surface area contributed by atoms with Crippen LogP contribution in [-0.4, -0.2) is 12.9 Å². The fourth-order valence-electron chi connectivity index (χ4n) is 3.33. The van der Waals surface area contributed by atoms with Crippen molar-refractivity contribution in [3.8, 4) is 5.75 Å². The minimum Gasteiger partial charge on any atom is -0.497 e. The Morgan fingerprint density at radius 3 is 2.19 bits per heavy atom. The number of benzene rings is 3. The summed E-state index contributed by atoms with van der Waals surface area (Å²) in [4.78, 5) is 13.4. The number of hydrogen-bond donors (Lipinski definition) is 0. The van der Waals surface area contributed by atoms with Crippen molar-refractivity contribution in [2.45, 2.75) is 25.2 Å². The standard InChI is InChI=1S/C24H24O2/c1-24(21-13-7-4-8-14-21,23(25)20-11-5-3-6-12-20)17-16-19-10-9-15-22(18-19)26-2/h3-15,18H,16-17H2,1-2H3. The number of Topliss-reactive ketones (excluding diaryl/α,β-unsaturated/α-hetero) is 1. The van der Waals surface area contributed by atoms with Gasteiger partial charge in [0.2, 0.25) is 0 Å². The smallest absolute Gasteiger partial charge is 0.173 e. The molecule has 0 saturated carbocycles. The van der Waals surface area contributed by atoms with Crippen molar-refractivity contribution in [1.82, 2.24) is 0 Å². The molecule has 0 aliphatic heterocycles. The van der Waals surface area contributed by atoms with E-state index < -0.39 is 5.41 Å². The highest BCUT2D eigenvalue weighted by Crippen LogP contribution is 2.33. The van der Waals surface area contributed by atoms with E-state index >= 15 is 0 Å². The van der Waals surface area contributed by atoms with Crippen LogP contribution in [0.15, 0.2) is 84.9 Å². The van der Waals surface area contributed by atoms with E-state index in [0.29, 0.717) is 0 Å². The fourth-order valence-corrected chi connectivity index (χ4v) is 3.33. The lowest BCUT2D eigenvalue weighted by molar-refractivity contribution is 0.0888. The van der Waals surface area contributed by atoms with Crippen molar-refractivity contribution in [2.75, 3.05) is 7.11 Å². The average Bonchev–Trinajstić information content (AvgIpc) is 2.73. The topological polar surface area (TPSA) is 26.3 Å². The van der Waals surface area contributed by atoms with Gasteiger partial charge in [-0.05, 0) is 43.0 Å². The van der Waals surface area contributed by atoms with E-state index in [1.54, 1.807) is 7.11 Å². The molecule has 1 atom stereocenters. The van der Waals surface area contributed by atoms with Crippen LogP contribution >= 0.6 is 0 Å². The van der Waals surface area contributed by atoms with Crippen molar-refractivity contribution in [2.24, 2.45) is 0 Å². The number of carbonyl (C=O) groups is 1. The molecule has 3 aromatic rings. The number of hydrogen-bond acceptors (Lipinski definition) is 2. The first kappa shape index (κ1) is 17.9. The molecule has 2 nitrogen and oxygen atoms in total. The molecule has 0 aliphatic rings. The van der Waals surface area contributed by atoms with Gasteiger partial charge in [-0.15, -0.1) is 0 Å². The number of ether oxygens (including phenoxy) is 1. The maximum Gasteiger partial charge on any atom is 0.173 e. The molecule has 132 valence electrons. The molecule has 0 heterocycles. The van der Waals surface area contributed by atoms with Gasteiger partial charge in [-0.3, -0.25) is 4.79 Å². The molecule has 26 heavy (non-hydrogen) atoms. The number of carbonyl (C=O) groups excluding carboxylic acids is 1.